The monoisotopic (exact) mass is 371 g/mol. The predicted octanol–water partition coefficient (Wildman–Crippen LogP) is 5.13. The standard InChI is InChI=1S/C24H21NO3/c1-2-28-18-10-8-16(9-11-18)19-12-14-21(23-20(19)13-15-22(23)26)25-24(27)17-6-4-3-5-7-17/h3-12,14H,2,13,15H2,1H3,(H,25,27). The predicted molar refractivity (Wildman–Crippen MR) is 110 cm³/mol. The van der Waals surface area contributed by atoms with E-state index in [9.17, 15) is 9.59 Å². The number of hydrogen-bond donors (Lipinski definition) is 1. The number of fused-ring (bicyclic) bond motifs is 1. The molecule has 1 amide bonds. The van der Waals surface area contributed by atoms with Gasteiger partial charge in [-0.05, 0) is 60.4 Å². The van der Waals surface area contributed by atoms with Crippen LogP contribution in [0.25, 0.3) is 11.1 Å². The lowest BCUT2D eigenvalue weighted by atomic mass is 9.95. The fourth-order valence-electron chi connectivity index (χ4n) is 3.65. The van der Waals surface area contributed by atoms with E-state index in [4.69, 9.17) is 4.74 Å². The first-order valence-electron chi connectivity index (χ1n) is 9.46. The highest BCUT2D eigenvalue weighted by Crippen LogP contribution is 2.37. The van der Waals surface area contributed by atoms with Crippen molar-refractivity contribution < 1.29 is 14.3 Å². The van der Waals surface area contributed by atoms with Crippen molar-refractivity contribution in [3.63, 3.8) is 0 Å². The van der Waals surface area contributed by atoms with Gasteiger partial charge in [0.15, 0.2) is 5.78 Å². The fourth-order valence-corrected chi connectivity index (χ4v) is 3.65. The van der Waals surface area contributed by atoms with Gasteiger partial charge in [-0.25, -0.2) is 0 Å². The van der Waals surface area contributed by atoms with Crippen LogP contribution in [0.5, 0.6) is 5.75 Å². The van der Waals surface area contributed by atoms with Crippen molar-refractivity contribution in [1.29, 1.82) is 0 Å². The van der Waals surface area contributed by atoms with Crippen molar-refractivity contribution in [1.82, 2.24) is 0 Å². The SMILES string of the molecule is CCOc1ccc(-c2ccc(NC(=O)c3ccccc3)c3c2CCC3=O)cc1. The highest BCUT2D eigenvalue weighted by Gasteiger charge is 2.27. The summed E-state index contributed by atoms with van der Waals surface area (Å²) in [7, 11) is 0. The maximum atomic E-state index is 12.6. The van der Waals surface area contributed by atoms with Crippen molar-refractivity contribution in [2.45, 2.75) is 19.8 Å². The molecule has 0 spiro atoms. The molecule has 0 heterocycles. The topological polar surface area (TPSA) is 55.4 Å². The van der Waals surface area contributed by atoms with Crippen LogP contribution >= 0.6 is 0 Å². The van der Waals surface area contributed by atoms with Gasteiger partial charge in [-0.3, -0.25) is 9.59 Å². The molecule has 1 N–H and O–H groups in total. The summed E-state index contributed by atoms with van der Waals surface area (Å²) < 4.78 is 5.51. The van der Waals surface area contributed by atoms with E-state index in [1.54, 1.807) is 12.1 Å². The van der Waals surface area contributed by atoms with Crippen LogP contribution in [0.3, 0.4) is 0 Å². The second-order valence-corrected chi connectivity index (χ2v) is 6.71. The Morgan fingerprint density at radius 2 is 1.71 bits per heavy atom. The molecule has 4 rings (SSSR count). The maximum Gasteiger partial charge on any atom is 0.255 e. The first-order valence-corrected chi connectivity index (χ1v) is 9.46. The second kappa shape index (κ2) is 7.69. The van der Waals surface area contributed by atoms with Crippen LogP contribution in [0.15, 0.2) is 66.7 Å². The molecule has 4 heteroatoms. The first kappa shape index (κ1) is 18.0. The minimum atomic E-state index is -0.212. The van der Waals surface area contributed by atoms with Crippen LogP contribution in [-0.2, 0) is 6.42 Å². The zero-order valence-electron chi connectivity index (χ0n) is 15.7. The number of anilines is 1. The number of ether oxygens (including phenoxy) is 1. The average molecular weight is 371 g/mol. The summed E-state index contributed by atoms with van der Waals surface area (Å²) in [6.45, 7) is 2.58. The number of hydrogen-bond acceptors (Lipinski definition) is 3. The van der Waals surface area contributed by atoms with Crippen LogP contribution in [-0.4, -0.2) is 18.3 Å². The number of carbonyl (C=O) groups excluding carboxylic acids is 2. The molecule has 3 aromatic carbocycles. The summed E-state index contributed by atoms with van der Waals surface area (Å²) in [6.07, 6.45) is 1.16. The lowest BCUT2D eigenvalue weighted by molar-refractivity contribution is 0.0995. The van der Waals surface area contributed by atoms with E-state index < -0.39 is 0 Å². The molecule has 0 aliphatic heterocycles. The lowest BCUT2D eigenvalue weighted by Gasteiger charge is -2.14. The van der Waals surface area contributed by atoms with E-state index in [0.29, 0.717) is 36.3 Å². The summed E-state index contributed by atoms with van der Waals surface area (Å²) >= 11 is 0. The van der Waals surface area contributed by atoms with Gasteiger partial charge in [-0.1, -0.05) is 36.4 Å². The van der Waals surface area contributed by atoms with E-state index in [2.05, 4.69) is 5.32 Å². The van der Waals surface area contributed by atoms with Gasteiger partial charge < -0.3 is 10.1 Å². The van der Waals surface area contributed by atoms with Crippen LogP contribution in [0.1, 0.15) is 39.6 Å². The van der Waals surface area contributed by atoms with Crippen molar-refractivity contribution in [2.24, 2.45) is 0 Å². The molecule has 0 atom stereocenters. The van der Waals surface area contributed by atoms with Gasteiger partial charge in [-0.15, -0.1) is 0 Å². The highest BCUT2D eigenvalue weighted by molar-refractivity contribution is 6.12. The number of amides is 1. The van der Waals surface area contributed by atoms with Crippen LogP contribution < -0.4 is 10.1 Å². The van der Waals surface area contributed by atoms with Crippen molar-refractivity contribution in [2.75, 3.05) is 11.9 Å². The third-order valence-corrected chi connectivity index (χ3v) is 4.95. The van der Waals surface area contributed by atoms with Crippen LogP contribution in [0.4, 0.5) is 5.69 Å². The normalized spacial score (nSPS) is 12.5. The number of benzene rings is 3. The van der Waals surface area contributed by atoms with Crippen molar-refractivity contribution in [3.05, 3.63) is 83.4 Å². The van der Waals surface area contributed by atoms with Gasteiger partial charge in [0.2, 0.25) is 0 Å². The highest BCUT2D eigenvalue weighted by atomic mass is 16.5. The molecular weight excluding hydrogens is 350 g/mol. The minimum Gasteiger partial charge on any atom is -0.494 e. The molecule has 4 nitrogen and oxygen atoms in total. The van der Waals surface area contributed by atoms with E-state index in [-0.39, 0.29) is 11.7 Å². The van der Waals surface area contributed by atoms with Gasteiger partial charge >= 0.3 is 0 Å². The Morgan fingerprint density at radius 3 is 2.43 bits per heavy atom. The zero-order valence-corrected chi connectivity index (χ0v) is 15.7. The number of carbonyl (C=O) groups is 2. The third kappa shape index (κ3) is 3.41. The van der Waals surface area contributed by atoms with Crippen LogP contribution in [0, 0.1) is 0 Å². The van der Waals surface area contributed by atoms with E-state index in [0.717, 1.165) is 22.4 Å². The molecule has 0 saturated heterocycles. The number of rotatable bonds is 5. The van der Waals surface area contributed by atoms with Gasteiger partial charge in [0, 0.05) is 17.5 Å². The molecule has 140 valence electrons. The Hall–Kier alpha value is -3.40. The Morgan fingerprint density at radius 1 is 0.964 bits per heavy atom. The third-order valence-electron chi connectivity index (χ3n) is 4.95. The Balaban J connectivity index is 1.69. The Kier molecular flexibility index (Phi) is 4.94. The van der Waals surface area contributed by atoms with Gasteiger partial charge in [0.25, 0.3) is 5.91 Å². The van der Waals surface area contributed by atoms with E-state index >= 15 is 0 Å². The number of Topliss-reactive ketones (excluding diaryl/α,β-unsaturated/α-hetero) is 1. The molecule has 1 aliphatic rings. The molecule has 0 unspecified atom stereocenters. The van der Waals surface area contributed by atoms with Gasteiger partial charge in [0.1, 0.15) is 5.75 Å². The summed E-state index contributed by atoms with van der Waals surface area (Å²) in [4.78, 5) is 25.1. The molecule has 0 bridgehead atoms. The van der Waals surface area contributed by atoms with Gasteiger partial charge in [-0.2, -0.15) is 0 Å². The first-order chi connectivity index (χ1) is 13.7. The van der Waals surface area contributed by atoms with E-state index in [1.165, 1.54) is 0 Å². The van der Waals surface area contributed by atoms with Gasteiger partial charge in [0.05, 0.1) is 12.3 Å². The summed E-state index contributed by atoms with van der Waals surface area (Å²) in [5.41, 5.74) is 4.85. The molecule has 28 heavy (non-hydrogen) atoms. The molecule has 0 fully saturated rings. The zero-order chi connectivity index (χ0) is 19.5. The maximum absolute atomic E-state index is 12.6. The van der Waals surface area contributed by atoms with Crippen LogP contribution in [0.2, 0.25) is 0 Å². The molecule has 0 saturated carbocycles. The van der Waals surface area contributed by atoms with Crippen molar-refractivity contribution >= 4 is 17.4 Å². The fraction of sp³-hybridized carbons (Fsp3) is 0.167. The molecule has 0 aromatic heterocycles. The number of nitrogens with one attached hydrogen (secondary N) is 1. The second-order valence-electron chi connectivity index (χ2n) is 6.71. The molecule has 0 radical (unpaired) electrons. The summed E-state index contributed by atoms with van der Waals surface area (Å²) in [5, 5.41) is 2.91. The smallest absolute Gasteiger partial charge is 0.255 e. The summed E-state index contributed by atoms with van der Waals surface area (Å²) in [5.74, 6) is 0.688. The molecular formula is C24H21NO3. The van der Waals surface area contributed by atoms with Crippen molar-refractivity contribution in [3.8, 4) is 16.9 Å². The van der Waals surface area contributed by atoms with E-state index in [1.807, 2.05) is 61.5 Å². The molecule has 3 aromatic rings. The number of ketones is 1. The Bertz CT molecular complexity index is 1020. The average Bonchev–Trinajstić information content (AvgIpc) is 3.12. The molecule has 1 aliphatic carbocycles. The largest absolute Gasteiger partial charge is 0.494 e. The quantitative estimate of drug-likeness (QED) is 0.676. The summed E-state index contributed by atoms with van der Waals surface area (Å²) in [6, 6.07) is 20.7. The lowest BCUT2D eigenvalue weighted by Crippen LogP contribution is -2.14. The minimum absolute atomic E-state index is 0.0751. The Labute approximate surface area is 164 Å².